The van der Waals surface area contributed by atoms with Crippen molar-refractivity contribution in [3.05, 3.63) is 28.8 Å². The number of halogens is 3. The largest absolute Gasteiger partial charge is 0.466 e. The number of nitrogens with zero attached hydrogens (tertiary/aromatic N) is 1. The number of nitriles is 1. The number of hydrogen-bond donors (Lipinski definition) is 0. The van der Waals surface area contributed by atoms with E-state index >= 15 is 0 Å². The Kier molecular flexibility index (Phi) is 6.39. The molecule has 0 aliphatic rings. The van der Waals surface area contributed by atoms with E-state index in [4.69, 9.17) is 10.00 Å². The summed E-state index contributed by atoms with van der Waals surface area (Å²) in [7, 11) is 0. The van der Waals surface area contributed by atoms with Gasteiger partial charge < -0.3 is 9.47 Å². The van der Waals surface area contributed by atoms with Crippen LogP contribution in [0.3, 0.4) is 0 Å². The number of carbonyl (C=O) groups excluding carboxylic acids is 1. The molecule has 0 aliphatic heterocycles. The summed E-state index contributed by atoms with van der Waals surface area (Å²) in [5.74, 6) is -0.610. The van der Waals surface area contributed by atoms with E-state index in [0.29, 0.717) is 11.1 Å². The molecule has 0 aliphatic carbocycles. The van der Waals surface area contributed by atoms with Gasteiger partial charge in [-0.15, -0.1) is 0 Å². The minimum atomic E-state index is -3.00. The van der Waals surface area contributed by atoms with Crippen LogP contribution >= 0.6 is 15.9 Å². The maximum atomic E-state index is 12.4. The number of benzene rings is 1. The van der Waals surface area contributed by atoms with Gasteiger partial charge in [0, 0.05) is 10.9 Å². The summed E-state index contributed by atoms with van der Waals surface area (Å²) < 4.78 is 33.9. The van der Waals surface area contributed by atoms with Crippen LogP contribution in [0.25, 0.3) is 0 Å². The van der Waals surface area contributed by atoms with Crippen LogP contribution in [-0.2, 0) is 21.3 Å². The lowest BCUT2D eigenvalue weighted by Crippen LogP contribution is -2.10. The summed E-state index contributed by atoms with van der Waals surface area (Å²) >= 11 is 3.12. The molecule has 20 heavy (non-hydrogen) atoms. The SMILES string of the molecule is CCOC(=O)Cc1cc(C#N)c(CBr)c(OC(F)F)c1. The van der Waals surface area contributed by atoms with Crippen LogP contribution in [0.4, 0.5) is 8.78 Å². The van der Waals surface area contributed by atoms with Crippen molar-refractivity contribution in [2.45, 2.75) is 25.3 Å². The van der Waals surface area contributed by atoms with Gasteiger partial charge >= 0.3 is 12.6 Å². The number of alkyl halides is 3. The lowest BCUT2D eigenvalue weighted by molar-refractivity contribution is -0.142. The number of carbonyl (C=O) groups is 1. The first-order chi connectivity index (χ1) is 9.51. The van der Waals surface area contributed by atoms with Crippen molar-refractivity contribution in [3.8, 4) is 11.8 Å². The summed E-state index contributed by atoms with van der Waals surface area (Å²) in [6.07, 6.45) is -0.106. The van der Waals surface area contributed by atoms with Crippen molar-refractivity contribution in [2.75, 3.05) is 6.61 Å². The highest BCUT2D eigenvalue weighted by atomic mass is 79.9. The molecule has 1 aromatic carbocycles. The van der Waals surface area contributed by atoms with Crippen molar-refractivity contribution in [2.24, 2.45) is 0 Å². The summed E-state index contributed by atoms with van der Waals surface area (Å²) in [5, 5.41) is 9.23. The molecule has 1 rings (SSSR count). The Balaban J connectivity index is 3.14. The summed E-state index contributed by atoms with van der Waals surface area (Å²) in [6.45, 7) is -1.11. The molecule has 0 bridgehead atoms. The molecule has 0 N–H and O–H groups in total. The van der Waals surface area contributed by atoms with Crippen molar-refractivity contribution in [1.29, 1.82) is 5.26 Å². The Morgan fingerprint density at radius 2 is 2.20 bits per heavy atom. The Labute approximate surface area is 123 Å². The summed E-state index contributed by atoms with van der Waals surface area (Å²) in [4.78, 5) is 11.4. The molecule has 0 radical (unpaired) electrons. The Hall–Kier alpha value is -1.68. The van der Waals surface area contributed by atoms with Gasteiger partial charge in [-0.25, -0.2) is 0 Å². The van der Waals surface area contributed by atoms with Crippen molar-refractivity contribution in [1.82, 2.24) is 0 Å². The van der Waals surface area contributed by atoms with Crippen molar-refractivity contribution >= 4 is 21.9 Å². The van der Waals surface area contributed by atoms with Crippen LogP contribution in [0.15, 0.2) is 12.1 Å². The minimum absolute atomic E-state index is 0.106. The van der Waals surface area contributed by atoms with Crippen molar-refractivity contribution < 1.29 is 23.0 Å². The second-order valence-corrected chi connectivity index (χ2v) is 4.29. The van der Waals surface area contributed by atoms with E-state index in [-0.39, 0.29) is 29.7 Å². The zero-order chi connectivity index (χ0) is 15.1. The minimum Gasteiger partial charge on any atom is -0.466 e. The maximum absolute atomic E-state index is 12.4. The fourth-order valence-corrected chi connectivity index (χ4v) is 2.20. The quantitative estimate of drug-likeness (QED) is 0.585. The second-order valence-electron chi connectivity index (χ2n) is 3.73. The van der Waals surface area contributed by atoms with Gasteiger partial charge in [0.05, 0.1) is 24.7 Å². The van der Waals surface area contributed by atoms with Gasteiger partial charge in [0.25, 0.3) is 0 Å². The number of hydrogen-bond acceptors (Lipinski definition) is 4. The lowest BCUT2D eigenvalue weighted by Gasteiger charge is -2.12. The van der Waals surface area contributed by atoms with E-state index < -0.39 is 12.6 Å². The maximum Gasteiger partial charge on any atom is 0.387 e. The first kappa shape index (κ1) is 16.4. The number of rotatable bonds is 6. The van der Waals surface area contributed by atoms with E-state index in [0.717, 1.165) is 0 Å². The Morgan fingerprint density at radius 1 is 1.50 bits per heavy atom. The van der Waals surface area contributed by atoms with Gasteiger partial charge in [0.1, 0.15) is 5.75 Å². The third-order valence-electron chi connectivity index (χ3n) is 2.39. The van der Waals surface area contributed by atoms with E-state index in [9.17, 15) is 13.6 Å². The lowest BCUT2D eigenvalue weighted by atomic mass is 10.0. The Bertz CT molecular complexity index is 529. The first-order valence-electron chi connectivity index (χ1n) is 5.74. The highest BCUT2D eigenvalue weighted by molar-refractivity contribution is 9.08. The van der Waals surface area contributed by atoms with Gasteiger partial charge in [-0.05, 0) is 24.6 Å². The monoisotopic (exact) mass is 347 g/mol. The van der Waals surface area contributed by atoms with E-state index in [1.165, 1.54) is 12.1 Å². The predicted octanol–water partition coefficient (Wildman–Crippen LogP) is 3.16. The summed E-state index contributed by atoms with van der Waals surface area (Å²) in [6, 6.07) is 4.68. The van der Waals surface area contributed by atoms with Gasteiger partial charge in [0.2, 0.25) is 0 Å². The molecule has 0 amide bonds. The van der Waals surface area contributed by atoms with Gasteiger partial charge in [0.15, 0.2) is 0 Å². The molecule has 0 saturated heterocycles. The molecule has 0 spiro atoms. The van der Waals surface area contributed by atoms with Crippen LogP contribution in [0.2, 0.25) is 0 Å². The molecule has 4 nitrogen and oxygen atoms in total. The molecule has 1 aromatic rings. The van der Waals surface area contributed by atoms with Crippen LogP contribution in [0, 0.1) is 11.3 Å². The Morgan fingerprint density at radius 3 is 2.70 bits per heavy atom. The van der Waals surface area contributed by atoms with Gasteiger partial charge in [-0.2, -0.15) is 14.0 Å². The standard InChI is InChI=1S/C13H12BrF2NO3/c1-2-19-12(18)5-8-3-9(7-17)10(6-14)11(4-8)20-13(15)16/h3-4,13H,2,5-6H2,1H3. The van der Waals surface area contributed by atoms with Crippen LogP contribution < -0.4 is 4.74 Å². The molecule has 108 valence electrons. The molecule has 7 heteroatoms. The van der Waals surface area contributed by atoms with Crippen LogP contribution in [-0.4, -0.2) is 19.2 Å². The van der Waals surface area contributed by atoms with E-state index in [1.54, 1.807) is 6.92 Å². The molecule has 0 aromatic heterocycles. The van der Waals surface area contributed by atoms with E-state index in [2.05, 4.69) is 20.7 Å². The number of esters is 1. The third-order valence-corrected chi connectivity index (χ3v) is 2.95. The van der Waals surface area contributed by atoms with Crippen LogP contribution in [0.5, 0.6) is 5.75 Å². The average molecular weight is 348 g/mol. The summed E-state index contributed by atoms with van der Waals surface area (Å²) in [5.41, 5.74) is 0.889. The molecule has 0 fully saturated rings. The highest BCUT2D eigenvalue weighted by Crippen LogP contribution is 2.28. The molecule has 0 heterocycles. The highest BCUT2D eigenvalue weighted by Gasteiger charge is 2.16. The smallest absolute Gasteiger partial charge is 0.387 e. The topological polar surface area (TPSA) is 59.3 Å². The zero-order valence-electron chi connectivity index (χ0n) is 10.7. The third kappa shape index (κ3) is 4.46. The zero-order valence-corrected chi connectivity index (χ0v) is 12.2. The molecule has 0 unspecified atom stereocenters. The number of ether oxygens (including phenoxy) is 2. The predicted molar refractivity (Wildman–Crippen MR) is 70.8 cm³/mol. The first-order valence-corrected chi connectivity index (χ1v) is 6.86. The fraction of sp³-hybridized carbons (Fsp3) is 0.385. The van der Waals surface area contributed by atoms with Gasteiger partial charge in [-0.3, -0.25) is 4.79 Å². The normalized spacial score (nSPS) is 10.2. The van der Waals surface area contributed by atoms with Crippen molar-refractivity contribution in [3.63, 3.8) is 0 Å². The molecular weight excluding hydrogens is 336 g/mol. The molecular formula is C13H12BrF2NO3. The van der Waals surface area contributed by atoms with E-state index in [1.807, 2.05) is 6.07 Å². The second kappa shape index (κ2) is 7.80. The molecule has 0 saturated carbocycles. The fourth-order valence-electron chi connectivity index (χ4n) is 1.62. The average Bonchev–Trinajstić information content (AvgIpc) is 2.37. The molecule has 0 atom stereocenters. The van der Waals surface area contributed by atoms with Gasteiger partial charge in [-0.1, -0.05) is 15.9 Å². The van der Waals surface area contributed by atoms with Crippen LogP contribution in [0.1, 0.15) is 23.6 Å².